The fraction of sp³-hybridized carbons (Fsp3) is 0.684. The van der Waals surface area contributed by atoms with Gasteiger partial charge in [0.1, 0.15) is 5.75 Å². The number of nitrogens with one attached hydrogen (secondary N) is 1. The Bertz CT molecular complexity index is 436. The van der Waals surface area contributed by atoms with Gasteiger partial charge in [-0.2, -0.15) is 0 Å². The molecule has 1 heterocycles. The molecule has 1 aliphatic heterocycles. The molecule has 0 bridgehead atoms. The van der Waals surface area contributed by atoms with E-state index in [-0.39, 0.29) is 5.41 Å². The van der Waals surface area contributed by atoms with Crippen LogP contribution in [0.15, 0.2) is 24.3 Å². The zero-order chi connectivity index (χ0) is 15.5. The molecule has 1 atom stereocenters. The first-order valence-corrected chi connectivity index (χ1v) is 8.20. The summed E-state index contributed by atoms with van der Waals surface area (Å²) in [6, 6.07) is 8.71. The van der Waals surface area contributed by atoms with E-state index in [0.29, 0.717) is 11.3 Å². The van der Waals surface area contributed by atoms with Gasteiger partial charge in [0, 0.05) is 12.5 Å². The van der Waals surface area contributed by atoms with Crippen LogP contribution >= 0.6 is 0 Å². The van der Waals surface area contributed by atoms with Crippen molar-refractivity contribution in [2.45, 2.75) is 52.9 Å². The number of rotatable bonds is 5. The lowest BCUT2D eigenvalue weighted by atomic mass is 9.72. The molecule has 2 rings (SSSR count). The first-order chi connectivity index (χ1) is 9.76. The first kappa shape index (κ1) is 16.4. The molecule has 1 aromatic carbocycles. The van der Waals surface area contributed by atoms with E-state index in [9.17, 15) is 0 Å². The summed E-state index contributed by atoms with van der Waals surface area (Å²) < 4.78 is 5.92. The van der Waals surface area contributed by atoms with E-state index in [0.717, 1.165) is 25.4 Å². The molecule has 1 saturated heterocycles. The van der Waals surface area contributed by atoms with Crippen LogP contribution in [0, 0.1) is 11.3 Å². The second-order valence-electron chi connectivity index (χ2n) is 8.32. The van der Waals surface area contributed by atoms with Crippen LogP contribution in [0.2, 0.25) is 0 Å². The van der Waals surface area contributed by atoms with E-state index in [2.05, 4.69) is 64.2 Å². The zero-order valence-electron chi connectivity index (χ0n) is 14.3. The molecule has 0 amide bonds. The number of hydrogen-bond donors (Lipinski definition) is 1. The summed E-state index contributed by atoms with van der Waals surface area (Å²) in [4.78, 5) is 0. The fourth-order valence-corrected chi connectivity index (χ4v) is 3.50. The van der Waals surface area contributed by atoms with Crippen LogP contribution in [0.5, 0.6) is 5.75 Å². The van der Waals surface area contributed by atoms with Crippen LogP contribution in [0.1, 0.15) is 53.0 Å². The molecule has 0 spiro atoms. The van der Waals surface area contributed by atoms with E-state index < -0.39 is 0 Å². The Labute approximate surface area is 130 Å². The van der Waals surface area contributed by atoms with Gasteiger partial charge in [-0.3, -0.25) is 0 Å². The van der Waals surface area contributed by atoms with Gasteiger partial charge in [-0.25, -0.2) is 0 Å². The van der Waals surface area contributed by atoms with Crippen molar-refractivity contribution in [2.75, 3.05) is 19.7 Å². The summed E-state index contributed by atoms with van der Waals surface area (Å²) in [7, 11) is 0. The average Bonchev–Trinajstić information content (AvgIpc) is 2.87. The maximum absolute atomic E-state index is 5.92. The van der Waals surface area contributed by atoms with Gasteiger partial charge in [-0.15, -0.1) is 0 Å². The smallest absolute Gasteiger partial charge is 0.119 e. The molecular formula is C19H31NO. The van der Waals surface area contributed by atoms with E-state index in [4.69, 9.17) is 4.74 Å². The van der Waals surface area contributed by atoms with E-state index in [1.54, 1.807) is 0 Å². The molecule has 2 heteroatoms. The summed E-state index contributed by atoms with van der Waals surface area (Å²) in [5.41, 5.74) is 1.94. The molecule has 0 saturated carbocycles. The van der Waals surface area contributed by atoms with Crippen LogP contribution in [-0.2, 0) is 5.41 Å². The van der Waals surface area contributed by atoms with Crippen molar-refractivity contribution in [2.24, 2.45) is 11.3 Å². The van der Waals surface area contributed by atoms with Crippen molar-refractivity contribution in [3.05, 3.63) is 29.8 Å². The summed E-state index contributed by atoms with van der Waals surface area (Å²) in [5, 5.41) is 3.38. The molecule has 1 fully saturated rings. The van der Waals surface area contributed by atoms with Crippen LogP contribution in [0.3, 0.4) is 0 Å². The lowest BCUT2D eigenvalue weighted by molar-refractivity contribution is 0.259. The van der Waals surface area contributed by atoms with Gasteiger partial charge in [-0.05, 0) is 47.9 Å². The second kappa shape index (κ2) is 6.39. The van der Waals surface area contributed by atoms with Crippen LogP contribution < -0.4 is 10.1 Å². The van der Waals surface area contributed by atoms with Crippen LogP contribution in [0.25, 0.3) is 0 Å². The highest BCUT2D eigenvalue weighted by atomic mass is 16.5. The lowest BCUT2D eigenvalue weighted by Gasteiger charge is -2.33. The monoisotopic (exact) mass is 289 g/mol. The first-order valence-electron chi connectivity index (χ1n) is 8.20. The molecule has 1 N–H and O–H groups in total. The predicted molar refractivity (Wildman–Crippen MR) is 90.0 cm³/mol. The van der Waals surface area contributed by atoms with Crippen molar-refractivity contribution in [3.8, 4) is 5.75 Å². The topological polar surface area (TPSA) is 21.3 Å². The maximum atomic E-state index is 5.92. The molecule has 0 aliphatic carbocycles. The Morgan fingerprint density at radius 3 is 2.29 bits per heavy atom. The number of hydrogen-bond acceptors (Lipinski definition) is 2. The Morgan fingerprint density at radius 2 is 1.76 bits per heavy atom. The largest absolute Gasteiger partial charge is 0.493 e. The molecule has 0 radical (unpaired) electrons. The van der Waals surface area contributed by atoms with Crippen molar-refractivity contribution in [1.29, 1.82) is 0 Å². The predicted octanol–water partition coefficient (Wildman–Crippen LogP) is 4.39. The van der Waals surface area contributed by atoms with E-state index in [1.807, 2.05) is 0 Å². The molecule has 0 aromatic heterocycles. The Balaban J connectivity index is 1.94. The Kier molecular flexibility index (Phi) is 4.98. The van der Waals surface area contributed by atoms with Crippen molar-refractivity contribution >= 4 is 0 Å². The minimum absolute atomic E-state index is 0.201. The van der Waals surface area contributed by atoms with Crippen molar-refractivity contribution < 1.29 is 4.74 Å². The van der Waals surface area contributed by atoms with Crippen molar-refractivity contribution in [1.82, 2.24) is 5.32 Å². The summed E-state index contributed by atoms with van der Waals surface area (Å²) in [6.45, 7) is 14.6. The standard InChI is InChI=1S/C19H31NO/c1-18(2,3)14-19(4,5)16-6-8-17(9-7-16)21-13-15-10-11-20-12-15/h6-9,15,20H,10-14H2,1-5H3. The molecule has 21 heavy (non-hydrogen) atoms. The Morgan fingerprint density at radius 1 is 1.10 bits per heavy atom. The quantitative estimate of drug-likeness (QED) is 0.868. The molecular weight excluding hydrogens is 258 g/mol. The number of benzene rings is 1. The normalized spacial score (nSPS) is 19.8. The highest BCUT2D eigenvalue weighted by Crippen LogP contribution is 2.36. The number of ether oxygens (including phenoxy) is 1. The van der Waals surface area contributed by atoms with Crippen molar-refractivity contribution in [3.63, 3.8) is 0 Å². The van der Waals surface area contributed by atoms with Gasteiger partial charge in [0.25, 0.3) is 0 Å². The van der Waals surface area contributed by atoms with E-state index >= 15 is 0 Å². The van der Waals surface area contributed by atoms with Gasteiger partial charge < -0.3 is 10.1 Å². The molecule has 1 aliphatic rings. The second-order valence-corrected chi connectivity index (χ2v) is 8.32. The SMILES string of the molecule is CC(C)(C)CC(C)(C)c1ccc(OCC2CCNC2)cc1. The highest BCUT2D eigenvalue weighted by Gasteiger charge is 2.27. The molecule has 1 aromatic rings. The Hall–Kier alpha value is -1.02. The minimum Gasteiger partial charge on any atom is -0.493 e. The molecule has 118 valence electrons. The maximum Gasteiger partial charge on any atom is 0.119 e. The average molecular weight is 289 g/mol. The third-order valence-corrected chi connectivity index (χ3v) is 4.26. The van der Waals surface area contributed by atoms with E-state index in [1.165, 1.54) is 18.4 Å². The van der Waals surface area contributed by atoms with Gasteiger partial charge in [-0.1, -0.05) is 46.8 Å². The van der Waals surface area contributed by atoms with Crippen LogP contribution in [-0.4, -0.2) is 19.7 Å². The van der Waals surface area contributed by atoms with Gasteiger partial charge in [0.15, 0.2) is 0 Å². The summed E-state index contributed by atoms with van der Waals surface area (Å²) >= 11 is 0. The highest BCUT2D eigenvalue weighted by molar-refractivity contribution is 5.31. The third kappa shape index (κ3) is 5.03. The molecule has 1 unspecified atom stereocenters. The van der Waals surface area contributed by atoms with Gasteiger partial charge >= 0.3 is 0 Å². The van der Waals surface area contributed by atoms with Gasteiger partial charge in [0.2, 0.25) is 0 Å². The lowest BCUT2D eigenvalue weighted by Crippen LogP contribution is -2.24. The fourth-order valence-electron chi connectivity index (χ4n) is 3.50. The zero-order valence-corrected chi connectivity index (χ0v) is 14.3. The van der Waals surface area contributed by atoms with Gasteiger partial charge in [0.05, 0.1) is 6.61 Å². The summed E-state index contributed by atoms with van der Waals surface area (Å²) in [5.74, 6) is 1.67. The minimum atomic E-state index is 0.201. The van der Waals surface area contributed by atoms with Crippen LogP contribution in [0.4, 0.5) is 0 Å². The molecule has 2 nitrogen and oxygen atoms in total. The summed E-state index contributed by atoms with van der Waals surface area (Å²) in [6.07, 6.45) is 2.41. The third-order valence-electron chi connectivity index (χ3n) is 4.26.